The fraction of sp³-hybridized carbons (Fsp3) is 0. The number of nitrogens with zero attached hydrogens (tertiary/aromatic N) is 1. The topological polar surface area (TPSA) is 115 Å². The molecule has 2 aromatic rings. The van der Waals surface area contributed by atoms with Gasteiger partial charge in [-0.1, -0.05) is 24.3 Å². The van der Waals surface area contributed by atoms with Crippen LogP contribution in [-0.2, 0) is 0 Å². The summed E-state index contributed by atoms with van der Waals surface area (Å²) in [5, 5.41) is 22.2. The van der Waals surface area contributed by atoms with Crippen LogP contribution in [0.4, 0.5) is 0 Å². The Hall–Kier alpha value is -2.70. The number of quaternary nitrogens is 1. The fourth-order valence-corrected chi connectivity index (χ4v) is 1.81. The van der Waals surface area contributed by atoms with E-state index in [1.165, 1.54) is 0 Å². The molecule has 5 N–H and O–H groups in total. The number of amides is 1. The Morgan fingerprint density at radius 1 is 1.00 bits per heavy atom. The van der Waals surface area contributed by atoms with E-state index in [4.69, 9.17) is 10.9 Å². The summed E-state index contributed by atoms with van der Waals surface area (Å²) >= 11 is 0. The first kappa shape index (κ1) is 13.7. The molecule has 2 aromatic carbocycles. The first-order valence-corrected chi connectivity index (χ1v) is 5.83. The Morgan fingerprint density at radius 2 is 1.45 bits per heavy atom. The molecule has 0 aliphatic heterocycles. The van der Waals surface area contributed by atoms with Gasteiger partial charge in [-0.3, -0.25) is 4.79 Å². The number of oxime groups is 1. The predicted molar refractivity (Wildman–Crippen MR) is 74.0 cm³/mol. The fourth-order valence-electron chi connectivity index (χ4n) is 1.81. The van der Waals surface area contributed by atoms with E-state index in [0.29, 0.717) is 16.6 Å². The van der Waals surface area contributed by atoms with E-state index in [9.17, 15) is 10.0 Å². The van der Waals surface area contributed by atoms with Crippen molar-refractivity contribution in [1.82, 2.24) is 0 Å². The van der Waals surface area contributed by atoms with Gasteiger partial charge >= 0.3 is 0 Å². The number of hydroxylamine groups is 1. The third-order valence-electron chi connectivity index (χ3n) is 2.90. The maximum atomic E-state index is 11.0. The maximum absolute atomic E-state index is 11.0. The molecule has 102 valence electrons. The van der Waals surface area contributed by atoms with Gasteiger partial charge in [0.15, 0.2) is 0 Å². The molecule has 20 heavy (non-hydrogen) atoms. The zero-order chi connectivity index (χ0) is 14.5. The highest BCUT2D eigenvalue weighted by atomic mass is 16.5. The number of nitrogens with two attached hydrogens (primary N) is 2. The Labute approximate surface area is 115 Å². The van der Waals surface area contributed by atoms with E-state index in [1.807, 2.05) is 0 Å². The second-order valence-corrected chi connectivity index (χ2v) is 4.12. The average Bonchev–Trinajstić information content (AvgIpc) is 2.49. The molecule has 6 nitrogen and oxygen atoms in total. The van der Waals surface area contributed by atoms with Crippen LogP contribution in [-0.4, -0.2) is 17.0 Å². The minimum Gasteiger partial charge on any atom is -0.629 e. The average molecular weight is 271 g/mol. The number of benzene rings is 2. The SMILES string of the molecule is NC(=O)c1ccc(-c2ccc(/C(=N\O)[NH2+][O-])cc2)cc1. The monoisotopic (exact) mass is 271 g/mol. The van der Waals surface area contributed by atoms with Crippen molar-refractivity contribution >= 4 is 11.7 Å². The molecular formula is C14H13N3O3. The van der Waals surface area contributed by atoms with E-state index in [1.54, 1.807) is 48.5 Å². The minimum absolute atomic E-state index is 0.0272. The molecule has 0 atom stereocenters. The molecular weight excluding hydrogens is 258 g/mol. The number of carbonyl (C=O) groups is 1. The predicted octanol–water partition coefficient (Wildman–Crippen LogP) is 0.649. The van der Waals surface area contributed by atoms with Gasteiger partial charge in [-0.25, -0.2) is 0 Å². The molecule has 0 aliphatic carbocycles. The highest BCUT2D eigenvalue weighted by Crippen LogP contribution is 2.20. The van der Waals surface area contributed by atoms with Gasteiger partial charge < -0.3 is 21.6 Å². The Bertz CT molecular complexity index is 634. The van der Waals surface area contributed by atoms with Gasteiger partial charge in [-0.15, -0.1) is 0 Å². The van der Waals surface area contributed by atoms with Crippen LogP contribution in [0.2, 0.25) is 0 Å². The lowest BCUT2D eigenvalue weighted by Crippen LogP contribution is -2.82. The van der Waals surface area contributed by atoms with E-state index in [-0.39, 0.29) is 5.84 Å². The Balaban J connectivity index is 2.28. The normalized spacial score (nSPS) is 11.3. The quantitative estimate of drug-likeness (QED) is 0.329. The van der Waals surface area contributed by atoms with Crippen molar-refractivity contribution in [3.8, 4) is 11.1 Å². The lowest BCUT2D eigenvalue weighted by atomic mass is 10.0. The lowest BCUT2D eigenvalue weighted by Gasteiger charge is -2.06. The van der Waals surface area contributed by atoms with E-state index in [0.717, 1.165) is 11.1 Å². The first-order valence-electron chi connectivity index (χ1n) is 5.83. The van der Waals surface area contributed by atoms with E-state index in [2.05, 4.69) is 5.16 Å². The molecule has 0 aromatic heterocycles. The molecule has 1 amide bonds. The smallest absolute Gasteiger partial charge is 0.266 e. The number of hydrogen-bond donors (Lipinski definition) is 3. The molecule has 6 heteroatoms. The summed E-state index contributed by atoms with van der Waals surface area (Å²) < 4.78 is 0. The van der Waals surface area contributed by atoms with Crippen LogP contribution in [0.15, 0.2) is 53.7 Å². The summed E-state index contributed by atoms with van der Waals surface area (Å²) in [6.07, 6.45) is 0. The van der Waals surface area contributed by atoms with Crippen LogP contribution in [0.1, 0.15) is 15.9 Å². The van der Waals surface area contributed by atoms with Crippen molar-refractivity contribution in [2.24, 2.45) is 10.9 Å². The molecule has 0 heterocycles. The standard InChI is InChI=1S/C14H13N3O3/c15-13(18)11-5-1-9(2-6-11)10-3-7-12(8-4-10)14(16-19)17-20/h1-8,20H,16H2,(H2,15,18)/b17-14+. The lowest BCUT2D eigenvalue weighted by molar-refractivity contribution is -0.463. The Morgan fingerprint density at radius 3 is 1.80 bits per heavy atom. The third kappa shape index (κ3) is 2.82. The summed E-state index contributed by atoms with van der Waals surface area (Å²) in [5.74, 6) is -0.498. The van der Waals surface area contributed by atoms with Crippen LogP contribution >= 0.6 is 0 Å². The van der Waals surface area contributed by atoms with E-state index >= 15 is 0 Å². The summed E-state index contributed by atoms with van der Waals surface area (Å²) in [7, 11) is 0. The number of primary amides is 1. The number of hydrogen-bond acceptors (Lipinski definition) is 4. The van der Waals surface area contributed by atoms with Gasteiger partial charge in [-0.2, -0.15) is 0 Å². The summed E-state index contributed by atoms with van der Waals surface area (Å²) in [4.78, 5) is 11.0. The van der Waals surface area contributed by atoms with Gasteiger partial charge in [0.1, 0.15) is 0 Å². The zero-order valence-electron chi connectivity index (χ0n) is 10.5. The molecule has 0 aliphatic rings. The van der Waals surface area contributed by atoms with Gasteiger partial charge in [-0.05, 0) is 40.5 Å². The molecule has 0 radical (unpaired) electrons. The first-order chi connectivity index (χ1) is 9.65. The van der Waals surface area contributed by atoms with Crippen molar-refractivity contribution in [3.05, 3.63) is 64.9 Å². The summed E-state index contributed by atoms with van der Waals surface area (Å²) in [6, 6.07) is 13.8. The summed E-state index contributed by atoms with van der Waals surface area (Å²) in [5.41, 5.74) is 8.46. The molecule has 0 saturated heterocycles. The van der Waals surface area contributed by atoms with Gasteiger partial charge in [0.25, 0.3) is 5.84 Å². The van der Waals surface area contributed by atoms with Crippen LogP contribution in [0.5, 0.6) is 0 Å². The molecule has 0 spiro atoms. The van der Waals surface area contributed by atoms with Gasteiger partial charge in [0.2, 0.25) is 5.91 Å². The van der Waals surface area contributed by atoms with Crippen LogP contribution in [0.25, 0.3) is 11.1 Å². The molecule has 0 bridgehead atoms. The maximum Gasteiger partial charge on any atom is 0.266 e. The highest BCUT2D eigenvalue weighted by molar-refractivity contribution is 5.93. The number of rotatable bonds is 3. The number of carbonyl (C=O) groups excluding carboxylic acids is 1. The van der Waals surface area contributed by atoms with E-state index < -0.39 is 5.91 Å². The van der Waals surface area contributed by atoms with Crippen molar-refractivity contribution in [2.75, 3.05) is 0 Å². The van der Waals surface area contributed by atoms with Crippen LogP contribution < -0.4 is 11.2 Å². The molecule has 0 saturated carbocycles. The molecule has 0 fully saturated rings. The van der Waals surface area contributed by atoms with Gasteiger partial charge in [0, 0.05) is 5.56 Å². The largest absolute Gasteiger partial charge is 0.629 e. The highest BCUT2D eigenvalue weighted by Gasteiger charge is 2.06. The number of amidine groups is 1. The van der Waals surface area contributed by atoms with Crippen molar-refractivity contribution in [2.45, 2.75) is 0 Å². The molecule has 0 unspecified atom stereocenters. The minimum atomic E-state index is -0.471. The van der Waals surface area contributed by atoms with Crippen molar-refractivity contribution in [3.63, 3.8) is 0 Å². The van der Waals surface area contributed by atoms with Gasteiger partial charge in [0.05, 0.1) is 5.56 Å². The second kappa shape index (κ2) is 5.96. The van der Waals surface area contributed by atoms with Crippen LogP contribution in [0.3, 0.4) is 0 Å². The summed E-state index contributed by atoms with van der Waals surface area (Å²) in [6.45, 7) is 0. The van der Waals surface area contributed by atoms with Crippen molar-refractivity contribution < 1.29 is 15.5 Å². The van der Waals surface area contributed by atoms with Crippen LogP contribution in [0, 0.1) is 5.21 Å². The third-order valence-corrected chi connectivity index (χ3v) is 2.90. The Kier molecular flexibility index (Phi) is 4.09. The molecule has 2 rings (SSSR count). The zero-order valence-corrected chi connectivity index (χ0v) is 10.5. The second-order valence-electron chi connectivity index (χ2n) is 4.12. The van der Waals surface area contributed by atoms with Crippen molar-refractivity contribution in [1.29, 1.82) is 0 Å².